The Hall–Kier alpha value is -1.69. The van der Waals surface area contributed by atoms with Gasteiger partial charge in [-0.25, -0.2) is 0 Å². The molecule has 0 aromatic heterocycles. The van der Waals surface area contributed by atoms with E-state index in [4.69, 9.17) is 5.73 Å². The molecule has 1 saturated heterocycles. The van der Waals surface area contributed by atoms with Crippen molar-refractivity contribution in [3.05, 3.63) is 12.3 Å². The van der Waals surface area contributed by atoms with E-state index in [2.05, 4.69) is 30.5 Å². The molecule has 0 spiro atoms. The van der Waals surface area contributed by atoms with Crippen LogP contribution < -0.4 is 11.1 Å². The number of amides is 1. The number of hydrogen-bond acceptors (Lipinski definition) is 5. The number of hydrogen-bond donors (Lipinski definition) is 2. The number of carbonyl (C=O) groups excluding carboxylic acids is 3. The van der Waals surface area contributed by atoms with Crippen molar-refractivity contribution in [3.8, 4) is 0 Å². The Morgan fingerprint density at radius 3 is 2.05 bits per heavy atom. The van der Waals surface area contributed by atoms with E-state index in [9.17, 15) is 14.4 Å². The van der Waals surface area contributed by atoms with Crippen LogP contribution in [0.4, 0.5) is 0 Å². The summed E-state index contributed by atoms with van der Waals surface area (Å²) in [6.07, 6.45) is 4.85. The zero-order valence-corrected chi connectivity index (χ0v) is 14.1. The van der Waals surface area contributed by atoms with E-state index in [1.54, 1.807) is 0 Å². The molecule has 0 saturated carbocycles. The second kappa shape index (κ2) is 15.7. The molecule has 0 bridgehead atoms. The number of Topliss-reactive ketones (excluding diaryl/α,β-unsaturated/α-hetero) is 1. The lowest BCUT2D eigenvalue weighted by Gasteiger charge is -2.12. The number of carbonyl (C=O) groups is 3. The smallest absolute Gasteiger partial charge is 0.318 e. The summed E-state index contributed by atoms with van der Waals surface area (Å²) in [5, 5.41) is 2.66. The van der Waals surface area contributed by atoms with Crippen molar-refractivity contribution in [2.24, 2.45) is 5.73 Å². The van der Waals surface area contributed by atoms with Crippen molar-refractivity contribution in [1.82, 2.24) is 5.32 Å². The highest BCUT2D eigenvalue weighted by molar-refractivity contribution is 5.96. The normalized spacial score (nSPS) is 11.8. The van der Waals surface area contributed by atoms with Gasteiger partial charge in [-0.1, -0.05) is 33.3 Å². The summed E-state index contributed by atoms with van der Waals surface area (Å²) in [5.74, 6) is 0.171. The molecule has 0 aromatic rings. The first kappa shape index (κ1) is 22.6. The van der Waals surface area contributed by atoms with Gasteiger partial charge in [0.05, 0.1) is 6.42 Å². The van der Waals surface area contributed by atoms with E-state index < -0.39 is 0 Å². The van der Waals surface area contributed by atoms with Gasteiger partial charge in [0.2, 0.25) is 5.91 Å². The quantitative estimate of drug-likeness (QED) is 0.426. The SMILES string of the molecule is C=C1CC(=O)O1.CCCCN.CCCCNC(=O)CC(C)=O. The highest BCUT2D eigenvalue weighted by atomic mass is 16.6. The van der Waals surface area contributed by atoms with Crippen LogP contribution in [0.5, 0.6) is 0 Å². The minimum atomic E-state index is -0.167. The van der Waals surface area contributed by atoms with Crippen LogP contribution in [0.15, 0.2) is 12.3 Å². The van der Waals surface area contributed by atoms with Gasteiger partial charge in [-0.15, -0.1) is 0 Å². The molecule has 1 heterocycles. The van der Waals surface area contributed by atoms with Crippen molar-refractivity contribution < 1.29 is 19.1 Å². The summed E-state index contributed by atoms with van der Waals surface area (Å²) in [6.45, 7) is 10.5. The number of ketones is 1. The number of cyclic esters (lactones) is 1. The fourth-order valence-electron chi connectivity index (χ4n) is 1.21. The van der Waals surface area contributed by atoms with Gasteiger partial charge in [0, 0.05) is 6.54 Å². The predicted octanol–water partition coefficient (Wildman–Crippen LogP) is 2.07. The van der Waals surface area contributed by atoms with Crippen LogP contribution in [0.3, 0.4) is 0 Å². The van der Waals surface area contributed by atoms with E-state index in [1.807, 2.05) is 0 Å². The molecule has 0 aliphatic carbocycles. The summed E-state index contributed by atoms with van der Waals surface area (Å²) in [6, 6.07) is 0. The standard InChI is InChI=1S/C8H15NO2.C4H11N.C4H4O2/c1-3-4-5-9-8(11)6-7(2)10;1-2-3-4-5;1-3-2-4(5)6-3/h3-6H2,1-2H3,(H,9,11);2-5H2,1H3;1-2H2. The fourth-order valence-corrected chi connectivity index (χ4v) is 1.21. The fraction of sp³-hybridized carbons (Fsp3) is 0.688. The Morgan fingerprint density at radius 2 is 1.82 bits per heavy atom. The Balaban J connectivity index is 0. The molecule has 22 heavy (non-hydrogen) atoms. The third kappa shape index (κ3) is 18.3. The Labute approximate surface area is 133 Å². The van der Waals surface area contributed by atoms with Crippen molar-refractivity contribution in [3.63, 3.8) is 0 Å². The van der Waals surface area contributed by atoms with Crippen molar-refractivity contribution >= 4 is 17.7 Å². The Kier molecular flexibility index (Phi) is 16.1. The molecule has 1 fully saturated rings. The summed E-state index contributed by atoms with van der Waals surface area (Å²) in [5.41, 5.74) is 5.14. The first-order chi connectivity index (χ1) is 10.4. The molecule has 3 N–H and O–H groups in total. The molecule has 0 unspecified atom stereocenters. The third-order valence-corrected chi connectivity index (χ3v) is 2.42. The first-order valence-electron chi connectivity index (χ1n) is 7.71. The zero-order valence-electron chi connectivity index (χ0n) is 14.1. The molecular formula is C16H30N2O4. The summed E-state index contributed by atoms with van der Waals surface area (Å²) in [7, 11) is 0. The largest absolute Gasteiger partial charge is 0.431 e. The molecule has 1 aliphatic heterocycles. The summed E-state index contributed by atoms with van der Waals surface area (Å²) in [4.78, 5) is 31.0. The maximum atomic E-state index is 10.8. The average molecular weight is 314 g/mol. The van der Waals surface area contributed by atoms with Gasteiger partial charge in [0.1, 0.15) is 18.0 Å². The van der Waals surface area contributed by atoms with E-state index in [1.165, 1.54) is 19.8 Å². The summed E-state index contributed by atoms with van der Waals surface area (Å²) >= 11 is 0. The van der Waals surface area contributed by atoms with Crippen LogP contribution in [0, 0.1) is 0 Å². The van der Waals surface area contributed by atoms with E-state index in [0.29, 0.717) is 18.7 Å². The lowest BCUT2D eigenvalue weighted by atomic mass is 10.3. The number of nitrogens with two attached hydrogens (primary N) is 1. The molecule has 1 amide bonds. The number of rotatable bonds is 7. The number of nitrogens with one attached hydrogen (secondary N) is 1. The van der Waals surface area contributed by atoms with Gasteiger partial charge >= 0.3 is 5.97 Å². The monoisotopic (exact) mass is 314 g/mol. The highest BCUT2D eigenvalue weighted by Crippen LogP contribution is 2.13. The summed E-state index contributed by atoms with van der Waals surface area (Å²) < 4.78 is 4.31. The van der Waals surface area contributed by atoms with E-state index in [-0.39, 0.29) is 24.1 Å². The van der Waals surface area contributed by atoms with Crippen LogP contribution in [-0.4, -0.2) is 30.7 Å². The Morgan fingerprint density at radius 1 is 1.27 bits per heavy atom. The molecule has 0 radical (unpaired) electrons. The van der Waals surface area contributed by atoms with E-state index >= 15 is 0 Å². The molecule has 0 atom stereocenters. The minimum absolute atomic E-state index is 0.0176. The van der Waals surface area contributed by atoms with Crippen LogP contribution in [-0.2, 0) is 19.1 Å². The van der Waals surface area contributed by atoms with Gasteiger partial charge in [-0.05, 0) is 26.3 Å². The van der Waals surface area contributed by atoms with E-state index in [0.717, 1.165) is 19.4 Å². The molecule has 6 heteroatoms. The number of esters is 1. The van der Waals surface area contributed by atoms with Crippen molar-refractivity contribution in [2.45, 2.75) is 59.3 Å². The van der Waals surface area contributed by atoms with Crippen LogP contribution in [0.25, 0.3) is 0 Å². The second-order valence-electron chi connectivity index (χ2n) is 4.91. The lowest BCUT2D eigenvalue weighted by Crippen LogP contribution is -2.25. The van der Waals surface area contributed by atoms with Crippen LogP contribution >= 0.6 is 0 Å². The molecule has 1 rings (SSSR count). The lowest BCUT2D eigenvalue weighted by molar-refractivity contribution is -0.148. The van der Waals surface area contributed by atoms with Crippen LogP contribution in [0.2, 0.25) is 0 Å². The van der Waals surface area contributed by atoms with Gasteiger partial charge in [-0.3, -0.25) is 14.4 Å². The first-order valence-corrected chi connectivity index (χ1v) is 7.71. The van der Waals surface area contributed by atoms with Crippen molar-refractivity contribution in [2.75, 3.05) is 13.1 Å². The zero-order chi connectivity index (χ0) is 17.4. The molecule has 6 nitrogen and oxygen atoms in total. The molecule has 0 aromatic carbocycles. The van der Waals surface area contributed by atoms with Crippen LogP contribution in [0.1, 0.15) is 59.3 Å². The maximum Gasteiger partial charge on any atom is 0.318 e. The van der Waals surface area contributed by atoms with Crippen molar-refractivity contribution in [1.29, 1.82) is 0 Å². The van der Waals surface area contributed by atoms with Gasteiger partial charge < -0.3 is 15.8 Å². The highest BCUT2D eigenvalue weighted by Gasteiger charge is 2.17. The topological polar surface area (TPSA) is 98.5 Å². The average Bonchev–Trinajstić information content (AvgIpc) is 2.39. The minimum Gasteiger partial charge on any atom is -0.431 e. The van der Waals surface area contributed by atoms with Gasteiger partial charge in [-0.2, -0.15) is 0 Å². The van der Waals surface area contributed by atoms with Gasteiger partial charge in [0.15, 0.2) is 0 Å². The predicted molar refractivity (Wildman–Crippen MR) is 87.0 cm³/mol. The number of ether oxygens (including phenoxy) is 1. The Bertz CT molecular complexity index is 330. The third-order valence-electron chi connectivity index (χ3n) is 2.42. The van der Waals surface area contributed by atoms with Gasteiger partial charge in [0.25, 0.3) is 0 Å². The second-order valence-corrected chi connectivity index (χ2v) is 4.91. The number of unbranched alkanes of at least 4 members (excludes halogenated alkanes) is 2. The molecule has 1 aliphatic rings. The maximum absolute atomic E-state index is 10.8. The molecular weight excluding hydrogens is 284 g/mol. The molecule has 128 valence electrons.